The monoisotopic (exact) mass is 110 g/mol. The van der Waals surface area contributed by atoms with Crippen molar-refractivity contribution in [2.45, 2.75) is 26.2 Å². The molecular formula is C8H14. The van der Waals surface area contributed by atoms with Gasteiger partial charge in [-0.05, 0) is 24.7 Å². The van der Waals surface area contributed by atoms with E-state index in [1.54, 1.807) is 0 Å². The molecule has 0 unspecified atom stereocenters. The molecule has 0 aliphatic heterocycles. The van der Waals surface area contributed by atoms with E-state index in [9.17, 15) is 0 Å². The van der Waals surface area contributed by atoms with Crippen molar-refractivity contribution in [2.75, 3.05) is 0 Å². The van der Waals surface area contributed by atoms with Gasteiger partial charge in [0.2, 0.25) is 0 Å². The lowest BCUT2D eigenvalue weighted by Crippen LogP contribution is -1.86. The molecule has 1 aliphatic rings. The van der Waals surface area contributed by atoms with Crippen molar-refractivity contribution in [3.05, 3.63) is 12.7 Å². The average Bonchev–Trinajstić information content (AvgIpc) is 2.14. The van der Waals surface area contributed by atoms with Gasteiger partial charge >= 0.3 is 0 Å². The molecule has 46 valence electrons. The third-order valence-electron chi connectivity index (χ3n) is 2.07. The predicted octanol–water partition coefficient (Wildman–Crippen LogP) is 2.61. The van der Waals surface area contributed by atoms with E-state index >= 15 is 0 Å². The molecule has 0 radical (unpaired) electrons. The standard InChI is InChI=1S/C8H14/c1-3-8-5-4-7(2)6-8/h3,7-8H,1,4-6H2,2H3/t7-,8-/m1/s1. The molecule has 0 N–H and O–H groups in total. The van der Waals surface area contributed by atoms with Crippen LogP contribution in [0.25, 0.3) is 0 Å². The highest BCUT2D eigenvalue weighted by molar-refractivity contribution is 4.85. The molecule has 2 atom stereocenters. The second-order valence-electron chi connectivity index (χ2n) is 2.91. The minimum Gasteiger partial charge on any atom is -0.103 e. The maximum Gasteiger partial charge on any atom is -0.0234 e. The van der Waals surface area contributed by atoms with Gasteiger partial charge in [0, 0.05) is 0 Å². The van der Waals surface area contributed by atoms with Crippen molar-refractivity contribution in [3.8, 4) is 0 Å². The fourth-order valence-electron chi connectivity index (χ4n) is 1.47. The van der Waals surface area contributed by atoms with Crippen LogP contribution in [-0.2, 0) is 0 Å². The SMILES string of the molecule is C=C[C@@H]1CC[C@@H](C)C1. The van der Waals surface area contributed by atoms with Crippen LogP contribution in [0.15, 0.2) is 12.7 Å². The fourth-order valence-corrected chi connectivity index (χ4v) is 1.47. The van der Waals surface area contributed by atoms with Gasteiger partial charge in [-0.25, -0.2) is 0 Å². The number of allylic oxidation sites excluding steroid dienone is 1. The van der Waals surface area contributed by atoms with Crippen LogP contribution < -0.4 is 0 Å². The second-order valence-corrected chi connectivity index (χ2v) is 2.91. The summed E-state index contributed by atoms with van der Waals surface area (Å²) < 4.78 is 0. The Morgan fingerprint density at radius 3 is 2.50 bits per heavy atom. The van der Waals surface area contributed by atoms with Crippen LogP contribution in [0, 0.1) is 11.8 Å². The maximum atomic E-state index is 3.78. The largest absolute Gasteiger partial charge is 0.103 e. The third kappa shape index (κ3) is 1.12. The van der Waals surface area contributed by atoms with E-state index < -0.39 is 0 Å². The minimum atomic E-state index is 0.838. The van der Waals surface area contributed by atoms with Crippen molar-refractivity contribution in [1.82, 2.24) is 0 Å². The first-order chi connectivity index (χ1) is 3.83. The number of hydrogen-bond donors (Lipinski definition) is 0. The van der Waals surface area contributed by atoms with Gasteiger partial charge < -0.3 is 0 Å². The molecule has 0 heteroatoms. The molecule has 1 fully saturated rings. The normalized spacial score (nSPS) is 37.6. The summed E-state index contributed by atoms with van der Waals surface area (Å²) in [5.74, 6) is 1.79. The van der Waals surface area contributed by atoms with E-state index in [1.807, 2.05) is 0 Å². The van der Waals surface area contributed by atoms with Gasteiger partial charge in [-0.1, -0.05) is 19.4 Å². The lowest BCUT2D eigenvalue weighted by atomic mass is 10.1. The molecule has 0 amide bonds. The van der Waals surface area contributed by atoms with Crippen molar-refractivity contribution >= 4 is 0 Å². The molecule has 0 aromatic carbocycles. The molecule has 0 spiro atoms. The van der Waals surface area contributed by atoms with Crippen molar-refractivity contribution in [1.29, 1.82) is 0 Å². The summed E-state index contributed by atoms with van der Waals surface area (Å²) in [6, 6.07) is 0. The lowest BCUT2D eigenvalue weighted by molar-refractivity contribution is 0.586. The van der Waals surface area contributed by atoms with Gasteiger partial charge in [-0.15, -0.1) is 6.58 Å². The second kappa shape index (κ2) is 2.34. The van der Waals surface area contributed by atoms with Crippen molar-refractivity contribution in [2.24, 2.45) is 11.8 Å². The Balaban J connectivity index is 2.32. The summed E-state index contributed by atoms with van der Waals surface area (Å²) >= 11 is 0. The Bertz CT molecular complexity index is 84.0. The van der Waals surface area contributed by atoms with E-state index in [1.165, 1.54) is 19.3 Å². The van der Waals surface area contributed by atoms with Gasteiger partial charge in [0.25, 0.3) is 0 Å². The lowest BCUT2D eigenvalue weighted by Gasteiger charge is -1.98. The molecule has 0 heterocycles. The minimum absolute atomic E-state index is 0.838. The molecule has 8 heavy (non-hydrogen) atoms. The van der Waals surface area contributed by atoms with E-state index in [-0.39, 0.29) is 0 Å². The Hall–Kier alpha value is -0.260. The summed E-state index contributed by atoms with van der Waals surface area (Å²) in [6.07, 6.45) is 6.27. The number of hydrogen-bond acceptors (Lipinski definition) is 0. The molecule has 0 saturated heterocycles. The Kier molecular flexibility index (Phi) is 1.72. The van der Waals surface area contributed by atoms with Crippen LogP contribution in [0.2, 0.25) is 0 Å². The molecule has 0 aromatic rings. The van der Waals surface area contributed by atoms with Gasteiger partial charge in [0.05, 0.1) is 0 Å². The highest BCUT2D eigenvalue weighted by Crippen LogP contribution is 2.30. The molecule has 0 aromatic heterocycles. The molecule has 1 rings (SSSR count). The zero-order valence-corrected chi connectivity index (χ0v) is 5.56. The van der Waals surface area contributed by atoms with E-state index in [0.717, 1.165) is 11.8 Å². The van der Waals surface area contributed by atoms with Crippen LogP contribution in [-0.4, -0.2) is 0 Å². The number of rotatable bonds is 1. The maximum absolute atomic E-state index is 3.78. The summed E-state index contributed by atoms with van der Waals surface area (Å²) in [5.41, 5.74) is 0. The van der Waals surface area contributed by atoms with Crippen LogP contribution in [0.4, 0.5) is 0 Å². The molecule has 1 aliphatic carbocycles. The van der Waals surface area contributed by atoms with Crippen molar-refractivity contribution in [3.63, 3.8) is 0 Å². The Morgan fingerprint density at radius 2 is 2.25 bits per heavy atom. The van der Waals surface area contributed by atoms with Crippen molar-refractivity contribution < 1.29 is 0 Å². The van der Waals surface area contributed by atoms with Gasteiger partial charge in [0.1, 0.15) is 0 Å². The van der Waals surface area contributed by atoms with Gasteiger partial charge in [0.15, 0.2) is 0 Å². The topological polar surface area (TPSA) is 0 Å². The van der Waals surface area contributed by atoms with Crippen LogP contribution in [0.1, 0.15) is 26.2 Å². The highest BCUT2D eigenvalue weighted by Gasteiger charge is 2.17. The quantitative estimate of drug-likeness (QED) is 0.455. The first-order valence-electron chi connectivity index (χ1n) is 3.45. The summed E-state index contributed by atoms with van der Waals surface area (Å²) in [4.78, 5) is 0. The zero-order chi connectivity index (χ0) is 5.98. The van der Waals surface area contributed by atoms with E-state index in [2.05, 4.69) is 19.6 Å². The van der Waals surface area contributed by atoms with Gasteiger partial charge in [-0.2, -0.15) is 0 Å². The average molecular weight is 110 g/mol. The Morgan fingerprint density at radius 1 is 1.50 bits per heavy atom. The van der Waals surface area contributed by atoms with E-state index in [0.29, 0.717) is 0 Å². The van der Waals surface area contributed by atoms with Crippen LogP contribution in [0.5, 0.6) is 0 Å². The Labute approximate surface area is 51.6 Å². The van der Waals surface area contributed by atoms with Crippen LogP contribution in [0.3, 0.4) is 0 Å². The first-order valence-corrected chi connectivity index (χ1v) is 3.45. The molecule has 0 nitrogen and oxygen atoms in total. The first kappa shape index (κ1) is 5.87. The zero-order valence-electron chi connectivity index (χ0n) is 5.56. The third-order valence-corrected chi connectivity index (χ3v) is 2.07. The van der Waals surface area contributed by atoms with Gasteiger partial charge in [-0.3, -0.25) is 0 Å². The molecule has 0 bridgehead atoms. The predicted molar refractivity (Wildman–Crippen MR) is 36.7 cm³/mol. The summed E-state index contributed by atoms with van der Waals surface area (Å²) in [5, 5.41) is 0. The smallest absolute Gasteiger partial charge is 0.0234 e. The summed E-state index contributed by atoms with van der Waals surface area (Å²) in [7, 11) is 0. The van der Waals surface area contributed by atoms with E-state index in [4.69, 9.17) is 0 Å². The van der Waals surface area contributed by atoms with Crippen LogP contribution >= 0.6 is 0 Å². The summed E-state index contributed by atoms with van der Waals surface area (Å²) in [6.45, 7) is 6.10. The molecule has 1 saturated carbocycles. The fraction of sp³-hybridized carbons (Fsp3) is 0.750. The highest BCUT2D eigenvalue weighted by atomic mass is 14.2. The molecular weight excluding hydrogens is 96.1 g/mol.